The summed E-state index contributed by atoms with van der Waals surface area (Å²) in [6, 6.07) is 16.2. The van der Waals surface area contributed by atoms with Gasteiger partial charge in [-0.2, -0.15) is 0 Å². The van der Waals surface area contributed by atoms with Gasteiger partial charge in [0.1, 0.15) is 6.26 Å². The van der Waals surface area contributed by atoms with E-state index in [0.29, 0.717) is 24.7 Å². The Morgan fingerprint density at radius 1 is 1.12 bits per heavy atom. The van der Waals surface area contributed by atoms with Gasteiger partial charge in [0.05, 0.1) is 6.54 Å². The number of hydrogen-bond donors (Lipinski definition) is 2. The molecule has 2 heterocycles. The van der Waals surface area contributed by atoms with E-state index >= 15 is 0 Å². The molecular formula is C25H27ClN4O2. The van der Waals surface area contributed by atoms with Gasteiger partial charge in [0, 0.05) is 41.3 Å². The van der Waals surface area contributed by atoms with Crippen LogP contribution in [-0.4, -0.2) is 33.4 Å². The minimum atomic E-state index is -0.230. The molecular weight excluding hydrogens is 424 g/mol. The van der Waals surface area contributed by atoms with Crippen LogP contribution in [0.3, 0.4) is 0 Å². The Morgan fingerprint density at radius 3 is 2.72 bits per heavy atom. The van der Waals surface area contributed by atoms with Gasteiger partial charge in [0.2, 0.25) is 5.89 Å². The molecule has 2 aromatic heterocycles. The van der Waals surface area contributed by atoms with Crippen LogP contribution in [0.4, 0.5) is 0 Å². The molecule has 0 saturated carbocycles. The Labute approximate surface area is 192 Å². The predicted molar refractivity (Wildman–Crippen MR) is 127 cm³/mol. The van der Waals surface area contributed by atoms with E-state index in [2.05, 4.69) is 44.6 Å². The monoisotopic (exact) mass is 450 g/mol. The third-order valence-corrected chi connectivity index (χ3v) is 5.66. The largest absolute Gasteiger partial charge is 0.447 e. The summed E-state index contributed by atoms with van der Waals surface area (Å²) in [4.78, 5) is 22.2. The van der Waals surface area contributed by atoms with Crippen LogP contribution in [0, 0.1) is 0 Å². The molecule has 0 saturated heterocycles. The second-order valence-corrected chi connectivity index (χ2v) is 8.57. The average molecular weight is 451 g/mol. The van der Waals surface area contributed by atoms with Crippen LogP contribution in [0.2, 0.25) is 5.02 Å². The third-order valence-electron chi connectivity index (χ3n) is 5.29. The van der Waals surface area contributed by atoms with E-state index in [9.17, 15) is 4.79 Å². The Balaban J connectivity index is 1.50. The number of oxazole rings is 1. The quantitative estimate of drug-likeness (QED) is 0.368. The van der Waals surface area contributed by atoms with Gasteiger partial charge in [-0.15, -0.1) is 0 Å². The fraction of sp³-hybridized carbons (Fsp3) is 0.280. The fourth-order valence-corrected chi connectivity index (χ4v) is 3.91. The van der Waals surface area contributed by atoms with E-state index in [-0.39, 0.29) is 11.9 Å². The molecule has 0 aliphatic rings. The number of aromatic nitrogens is 2. The lowest BCUT2D eigenvalue weighted by Gasteiger charge is -2.21. The number of H-pyrrole nitrogens is 1. The van der Waals surface area contributed by atoms with Crippen molar-refractivity contribution >= 4 is 28.4 Å². The number of rotatable bonds is 9. The van der Waals surface area contributed by atoms with Crippen molar-refractivity contribution in [1.29, 1.82) is 0 Å². The van der Waals surface area contributed by atoms with Crippen molar-refractivity contribution in [2.75, 3.05) is 6.54 Å². The SMILES string of the molecule is CC(C)NC(=O)c1coc(CN(CCc2c[nH]c3ccccc23)Cc2ccccc2Cl)n1. The lowest BCUT2D eigenvalue weighted by Crippen LogP contribution is -2.30. The Morgan fingerprint density at radius 2 is 1.91 bits per heavy atom. The minimum Gasteiger partial charge on any atom is -0.447 e. The minimum absolute atomic E-state index is 0.0375. The van der Waals surface area contributed by atoms with Crippen molar-refractivity contribution in [2.24, 2.45) is 0 Å². The van der Waals surface area contributed by atoms with E-state index in [1.54, 1.807) is 0 Å². The maximum Gasteiger partial charge on any atom is 0.273 e. The Hall–Kier alpha value is -3.09. The Kier molecular flexibility index (Phi) is 6.93. The highest BCUT2D eigenvalue weighted by atomic mass is 35.5. The predicted octanol–water partition coefficient (Wildman–Crippen LogP) is 5.19. The summed E-state index contributed by atoms with van der Waals surface area (Å²) in [5, 5.41) is 4.80. The molecule has 166 valence electrons. The van der Waals surface area contributed by atoms with Crippen molar-refractivity contribution in [2.45, 2.75) is 39.4 Å². The van der Waals surface area contributed by atoms with Gasteiger partial charge in [0.25, 0.3) is 5.91 Å². The van der Waals surface area contributed by atoms with E-state index in [1.807, 2.05) is 44.2 Å². The molecule has 0 fully saturated rings. The zero-order valence-electron chi connectivity index (χ0n) is 18.3. The van der Waals surface area contributed by atoms with Gasteiger partial charge in [-0.3, -0.25) is 9.69 Å². The summed E-state index contributed by atoms with van der Waals surface area (Å²) in [6.07, 6.45) is 4.34. The van der Waals surface area contributed by atoms with Crippen molar-refractivity contribution in [3.05, 3.63) is 88.7 Å². The van der Waals surface area contributed by atoms with Gasteiger partial charge >= 0.3 is 0 Å². The number of fused-ring (bicyclic) bond motifs is 1. The molecule has 0 radical (unpaired) electrons. The number of para-hydroxylation sites is 1. The van der Waals surface area contributed by atoms with Gasteiger partial charge in [-0.25, -0.2) is 4.98 Å². The van der Waals surface area contributed by atoms with Gasteiger partial charge < -0.3 is 14.7 Å². The standard InChI is InChI=1S/C25H27ClN4O2/c1-17(2)28-25(31)23-16-32-24(29-23)15-30(14-19-7-3-5-9-21(19)26)12-11-18-13-27-22-10-6-4-8-20(18)22/h3-10,13,16-17,27H,11-12,14-15H2,1-2H3,(H,28,31). The number of aromatic amines is 1. The maximum absolute atomic E-state index is 12.2. The number of hydrogen-bond acceptors (Lipinski definition) is 4. The normalized spacial score (nSPS) is 11.5. The van der Waals surface area contributed by atoms with Crippen LogP contribution >= 0.6 is 11.6 Å². The summed E-state index contributed by atoms with van der Waals surface area (Å²) in [5.74, 6) is 0.274. The summed E-state index contributed by atoms with van der Waals surface area (Å²) in [5.41, 5.74) is 3.73. The number of nitrogens with one attached hydrogen (secondary N) is 2. The number of benzene rings is 2. The molecule has 0 bridgehead atoms. The molecule has 0 aliphatic carbocycles. The zero-order chi connectivity index (χ0) is 22.5. The number of nitrogens with zero attached hydrogens (tertiary/aromatic N) is 2. The average Bonchev–Trinajstić information content (AvgIpc) is 3.40. The van der Waals surface area contributed by atoms with Crippen LogP contribution in [0.15, 0.2) is 65.4 Å². The first-order valence-electron chi connectivity index (χ1n) is 10.8. The number of halogens is 1. The van der Waals surface area contributed by atoms with Crippen LogP contribution in [0.25, 0.3) is 10.9 Å². The second-order valence-electron chi connectivity index (χ2n) is 8.17. The molecule has 0 unspecified atom stereocenters. The van der Waals surface area contributed by atoms with Crippen molar-refractivity contribution < 1.29 is 9.21 Å². The molecule has 0 spiro atoms. The van der Waals surface area contributed by atoms with Gasteiger partial charge in [-0.1, -0.05) is 48.0 Å². The number of carbonyl (C=O) groups excluding carboxylic acids is 1. The first-order chi connectivity index (χ1) is 15.5. The maximum atomic E-state index is 12.2. The summed E-state index contributed by atoms with van der Waals surface area (Å²) >= 11 is 6.42. The molecule has 1 amide bonds. The van der Waals surface area contributed by atoms with Crippen LogP contribution in [-0.2, 0) is 19.5 Å². The van der Waals surface area contributed by atoms with E-state index < -0.39 is 0 Å². The highest BCUT2D eigenvalue weighted by Crippen LogP contribution is 2.21. The first kappa shape index (κ1) is 22.1. The van der Waals surface area contributed by atoms with E-state index in [0.717, 1.165) is 29.1 Å². The molecule has 32 heavy (non-hydrogen) atoms. The molecule has 4 aromatic rings. The number of carbonyl (C=O) groups is 1. The first-order valence-corrected chi connectivity index (χ1v) is 11.1. The summed E-state index contributed by atoms with van der Waals surface area (Å²) in [7, 11) is 0. The lowest BCUT2D eigenvalue weighted by atomic mass is 10.1. The molecule has 6 nitrogen and oxygen atoms in total. The zero-order valence-corrected chi connectivity index (χ0v) is 19.0. The highest BCUT2D eigenvalue weighted by molar-refractivity contribution is 6.31. The topological polar surface area (TPSA) is 74.2 Å². The summed E-state index contributed by atoms with van der Waals surface area (Å²) in [6.45, 7) is 5.73. The molecule has 4 rings (SSSR count). The third kappa shape index (κ3) is 5.39. The summed E-state index contributed by atoms with van der Waals surface area (Å²) < 4.78 is 5.62. The number of amides is 1. The van der Waals surface area contributed by atoms with Crippen LogP contribution < -0.4 is 5.32 Å². The molecule has 2 aromatic carbocycles. The van der Waals surface area contributed by atoms with Gasteiger partial charge in [-0.05, 0) is 43.5 Å². The highest BCUT2D eigenvalue weighted by Gasteiger charge is 2.17. The van der Waals surface area contributed by atoms with Crippen LogP contribution in [0.5, 0.6) is 0 Å². The van der Waals surface area contributed by atoms with Crippen LogP contribution in [0.1, 0.15) is 41.4 Å². The van der Waals surface area contributed by atoms with Crippen molar-refractivity contribution in [3.63, 3.8) is 0 Å². The second kappa shape index (κ2) is 10.0. The molecule has 0 aliphatic heterocycles. The van der Waals surface area contributed by atoms with E-state index in [1.165, 1.54) is 17.2 Å². The molecule has 0 atom stereocenters. The van der Waals surface area contributed by atoms with Crippen molar-refractivity contribution in [1.82, 2.24) is 20.2 Å². The lowest BCUT2D eigenvalue weighted by molar-refractivity contribution is 0.0938. The molecule has 7 heteroatoms. The smallest absolute Gasteiger partial charge is 0.273 e. The molecule has 2 N–H and O–H groups in total. The van der Waals surface area contributed by atoms with Gasteiger partial charge in [0.15, 0.2) is 5.69 Å². The van der Waals surface area contributed by atoms with E-state index in [4.69, 9.17) is 16.0 Å². The fourth-order valence-electron chi connectivity index (χ4n) is 3.71. The Bertz CT molecular complexity index is 1200. The van der Waals surface area contributed by atoms with Crippen molar-refractivity contribution in [3.8, 4) is 0 Å².